The van der Waals surface area contributed by atoms with Crippen LogP contribution in [0, 0.1) is 0 Å². The Labute approximate surface area is 103 Å². The Morgan fingerprint density at radius 3 is 2.22 bits per heavy atom. The van der Waals surface area contributed by atoms with E-state index in [-0.39, 0.29) is 26.4 Å². The molecule has 0 saturated carbocycles. The first-order valence-corrected chi connectivity index (χ1v) is 6.32. The molecule has 0 aromatic carbocycles. The fourth-order valence-electron chi connectivity index (χ4n) is 0.930. The summed E-state index contributed by atoms with van der Waals surface area (Å²) in [5.41, 5.74) is 0. The second kappa shape index (κ2) is 7.97. The molecule has 10 heteroatoms. The van der Waals surface area contributed by atoms with Crippen LogP contribution in [0.25, 0.3) is 0 Å². The van der Waals surface area contributed by atoms with Gasteiger partial charge < -0.3 is 19.7 Å². The first kappa shape index (κ1) is 16.8. The molecule has 0 saturated heterocycles. The number of carbonyl (C=O) groups excluding carboxylic acids is 1. The molecule has 0 aromatic rings. The van der Waals surface area contributed by atoms with Crippen LogP contribution in [0.5, 0.6) is 0 Å². The average molecular weight is 286 g/mol. The molecule has 0 heterocycles. The van der Waals surface area contributed by atoms with Gasteiger partial charge in [0.05, 0.1) is 26.2 Å². The summed E-state index contributed by atoms with van der Waals surface area (Å²) < 4.78 is 39.4. The predicted molar refractivity (Wildman–Crippen MR) is 56.5 cm³/mol. The molecule has 0 radical (unpaired) electrons. The molecule has 0 aliphatic rings. The Balaban J connectivity index is 4.28. The third-order valence-corrected chi connectivity index (χ3v) is 2.77. The molecule has 0 rings (SSSR count). The van der Waals surface area contributed by atoms with Gasteiger partial charge >= 0.3 is 11.9 Å². The second-order valence-corrected chi connectivity index (χ2v) is 4.70. The van der Waals surface area contributed by atoms with Crippen molar-refractivity contribution >= 4 is 22.1 Å². The highest BCUT2D eigenvalue weighted by atomic mass is 32.2. The molecule has 3 N–H and O–H groups in total. The number of hydrogen-bond acceptors (Lipinski definition) is 7. The van der Waals surface area contributed by atoms with Crippen LogP contribution >= 0.6 is 0 Å². The Morgan fingerprint density at radius 1 is 1.17 bits per heavy atom. The summed E-state index contributed by atoms with van der Waals surface area (Å²) >= 11 is 0. The largest absolute Gasteiger partial charge is 0.481 e. The Morgan fingerprint density at radius 2 is 1.78 bits per heavy atom. The van der Waals surface area contributed by atoms with Crippen LogP contribution < -0.4 is 0 Å². The molecule has 9 nitrogen and oxygen atoms in total. The average Bonchev–Trinajstić information content (AvgIpc) is 2.23. The molecule has 0 aromatic heterocycles. The van der Waals surface area contributed by atoms with Crippen molar-refractivity contribution in [2.45, 2.75) is 11.7 Å². The van der Waals surface area contributed by atoms with Crippen LogP contribution in [0.1, 0.15) is 6.42 Å². The summed E-state index contributed by atoms with van der Waals surface area (Å²) in [7, 11) is -4.84. The summed E-state index contributed by atoms with van der Waals surface area (Å²) in [4.78, 5) is 21.6. The minimum Gasteiger partial charge on any atom is -0.481 e. The van der Waals surface area contributed by atoms with Crippen LogP contribution in [0.2, 0.25) is 0 Å². The Bertz CT molecular complexity index is 374. The lowest BCUT2D eigenvalue weighted by atomic mass is 10.3. The van der Waals surface area contributed by atoms with E-state index in [1.807, 2.05) is 0 Å². The molecule has 0 spiro atoms. The van der Waals surface area contributed by atoms with Crippen LogP contribution in [0.4, 0.5) is 0 Å². The van der Waals surface area contributed by atoms with E-state index in [4.69, 9.17) is 19.5 Å². The van der Waals surface area contributed by atoms with E-state index < -0.39 is 33.7 Å². The fraction of sp³-hybridized carbons (Fsp3) is 0.750. The van der Waals surface area contributed by atoms with Crippen molar-refractivity contribution in [1.29, 1.82) is 0 Å². The second-order valence-electron chi connectivity index (χ2n) is 3.10. The number of rotatable bonds is 9. The number of carbonyl (C=O) groups is 2. The molecule has 1 atom stereocenters. The minimum absolute atomic E-state index is 0.0222. The number of ether oxygens (including phenoxy) is 2. The lowest BCUT2D eigenvalue weighted by Crippen LogP contribution is -2.34. The number of esters is 1. The lowest BCUT2D eigenvalue weighted by molar-refractivity contribution is -0.148. The van der Waals surface area contributed by atoms with Crippen molar-refractivity contribution in [3.63, 3.8) is 0 Å². The number of carboxylic acids is 1. The van der Waals surface area contributed by atoms with E-state index in [0.29, 0.717) is 0 Å². The van der Waals surface area contributed by atoms with Gasteiger partial charge in [-0.3, -0.25) is 14.1 Å². The highest BCUT2D eigenvalue weighted by Gasteiger charge is 2.34. The molecule has 0 aliphatic carbocycles. The van der Waals surface area contributed by atoms with Gasteiger partial charge in [0, 0.05) is 0 Å². The van der Waals surface area contributed by atoms with E-state index >= 15 is 0 Å². The SMILES string of the molecule is O=C(O)CC(C(=O)OCCOCCO)S(=O)(=O)O. The highest BCUT2D eigenvalue weighted by molar-refractivity contribution is 7.87. The van der Waals surface area contributed by atoms with Crippen molar-refractivity contribution in [2.24, 2.45) is 0 Å². The molecule has 106 valence electrons. The summed E-state index contributed by atoms with van der Waals surface area (Å²) in [5, 5.41) is 14.6. The summed E-state index contributed by atoms with van der Waals surface area (Å²) in [6, 6.07) is 0. The molecule has 0 fully saturated rings. The van der Waals surface area contributed by atoms with Crippen LogP contribution in [-0.4, -0.2) is 66.8 Å². The molecule has 18 heavy (non-hydrogen) atoms. The van der Waals surface area contributed by atoms with Gasteiger partial charge in [-0.1, -0.05) is 0 Å². The zero-order valence-corrected chi connectivity index (χ0v) is 10.1. The van der Waals surface area contributed by atoms with Crippen molar-refractivity contribution < 1.29 is 42.2 Å². The first-order valence-electron chi connectivity index (χ1n) is 4.82. The van der Waals surface area contributed by atoms with E-state index in [9.17, 15) is 18.0 Å². The van der Waals surface area contributed by atoms with Gasteiger partial charge in [-0.05, 0) is 0 Å². The summed E-state index contributed by atoms with van der Waals surface area (Å²) in [5.74, 6) is -2.93. The van der Waals surface area contributed by atoms with Crippen LogP contribution in [0.3, 0.4) is 0 Å². The van der Waals surface area contributed by atoms with Crippen molar-refractivity contribution in [3.8, 4) is 0 Å². The Hall–Kier alpha value is -1.23. The van der Waals surface area contributed by atoms with Crippen molar-refractivity contribution in [1.82, 2.24) is 0 Å². The summed E-state index contributed by atoms with van der Waals surface area (Å²) in [6.45, 7) is -0.600. The zero-order valence-electron chi connectivity index (χ0n) is 9.31. The quantitative estimate of drug-likeness (QED) is 0.255. The number of aliphatic carboxylic acids is 1. The monoisotopic (exact) mass is 286 g/mol. The molecule has 0 amide bonds. The van der Waals surface area contributed by atoms with Gasteiger partial charge in [-0.25, -0.2) is 0 Å². The van der Waals surface area contributed by atoms with Gasteiger partial charge in [0.15, 0.2) is 5.25 Å². The van der Waals surface area contributed by atoms with Gasteiger partial charge in [-0.2, -0.15) is 8.42 Å². The summed E-state index contributed by atoms with van der Waals surface area (Å²) in [6.07, 6.45) is -1.09. The van der Waals surface area contributed by atoms with Gasteiger partial charge in [0.25, 0.3) is 10.1 Å². The van der Waals surface area contributed by atoms with Crippen molar-refractivity contribution in [2.75, 3.05) is 26.4 Å². The molecule has 0 bridgehead atoms. The smallest absolute Gasteiger partial charge is 0.327 e. The van der Waals surface area contributed by atoms with E-state index in [2.05, 4.69) is 4.74 Å². The third-order valence-electron chi connectivity index (χ3n) is 1.69. The van der Waals surface area contributed by atoms with E-state index in [1.54, 1.807) is 0 Å². The normalized spacial score (nSPS) is 13.0. The number of carboxylic acid groups (broad SMARTS) is 1. The number of hydrogen-bond donors (Lipinski definition) is 3. The highest BCUT2D eigenvalue weighted by Crippen LogP contribution is 2.07. The van der Waals surface area contributed by atoms with E-state index in [0.717, 1.165) is 0 Å². The maximum absolute atomic E-state index is 11.2. The van der Waals surface area contributed by atoms with Gasteiger partial charge in [0.1, 0.15) is 6.61 Å². The van der Waals surface area contributed by atoms with Crippen LogP contribution in [0.15, 0.2) is 0 Å². The third kappa shape index (κ3) is 7.17. The Kier molecular flexibility index (Phi) is 7.43. The fourth-order valence-corrected chi connectivity index (χ4v) is 1.59. The van der Waals surface area contributed by atoms with E-state index in [1.165, 1.54) is 0 Å². The molecular formula is C8H14O9S. The van der Waals surface area contributed by atoms with Crippen LogP contribution in [-0.2, 0) is 29.2 Å². The lowest BCUT2D eigenvalue weighted by Gasteiger charge is -2.11. The number of aliphatic hydroxyl groups is 1. The maximum atomic E-state index is 11.2. The predicted octanol–water partition coefficient (Wildman–Crippen LogP) is -1.73. The standard InChI is InChI=1S/C8H14O9S/c9-1-2-16-3-4-17-8(12)6(5-7(10)11)18(13,14)15/h6,9H,1-5H2,(H,10,11)(H,13,14,15). The molecular weight excluding hydrogens is 272 g/mol. The molecule has 1 unspecified atom stereocenters. The first-order chi connectivity index (χ1) is 8.29. The maximum Gasteiger partial charge on any atom is 0.327 e. The minimum atomic E-state index is -4.84. The van der Waals surface area contributed by atoms with Crippen molar-refractivity contribution in [3.05, 3.63) is 0 Å². The number of aliphatic hydroxyl groups excluding tert-OH is 1. The topological polar surface area (TPSA) is 147 Å². The van der Waals surface area contributed by atoms with Gasteiger partial charge in [0.2, 0.25) is 0 Å². The zero-order chi connectivity index (χ0) is 14.2. The molecule has 0 aliphatic heterocycles. The van der Waals surface area contributed by atoms with Gasteiger partial charge in [-0.15, -0.1) is 0 Å².